The van der Waals surface area contributed by atoms with E-state index in [4.69, 9.17) is 14.6 Å². The van der Waals surface area contributed by atoms with Gasteiger partial charge in [-0.05, 0) is 24.3 Å². The van der Waals surface area contributed by atoms with E-state index >= 15 is 0 Å². The molecule has 1 amide bonds. The summed E-state index contributed by atoms with van der Waals surface area (Å²) in [4.78, 5) is 18.3. The average molecular weight is 357 g/mol. The molecule has 0 aliphatic carbocycles. The lowest BCUT2D eigenvalue weighted by molar-refractivity contribution is 0.0812. The molecule has 0 spiro atoms. The molecule has 3 rings (SSSR count). The fourth-order valence-corrected chi connectivity index (χ4v) is 2.66. The van der Waals surface area contributed by atoms with Gasteiger partial charge in [-0.2, -0.15) is 0 Å². The Balaban J connectivity index is 1.46. The Hall–Kier alpha value is -2.80. The van der Waals surface area contributed by atoms with Crippen molar-refractivity contribution in [2.75, 3.05) is 38.3 Å². The number of para-hydroxylation sites is 2. The normalized spacial score (nSPS) is 15.4. The number of carbonyl (C=O) groups excluding carboxylic acids is 1. The summed E-state index contributed by atoms with van der Waals surface area (Å²) in [6.45, 7) is 1.50. The van der Waals surface area contributed by atoms with Gasteiger partial charge in [0, 0.05) is 32.8 Å². The van der Waals surface area contributed by atoms with Crippen LogP contribution < -0.4 is 19.7 Å². The van der Waals surface area contributed by atoms with Gasteiger partial charge < -0.3 is 24.8 Å². The summed E-state index contributed by atoms with van der Waals surface area (Å²) in [5.74, 6) is 2.03. The number of ether oxygens (including phenoxy) is 2. The lowest BCUT2D eigenvalue weighted by atomic mass is 10.2. The first-order chi connectivity index (χ1) is 12.7. The van der Waals surface area contributed by atoms with Gasteiger partial charge in [0.2, 0.25) is 0 Å². The van der Waals surface area contributed by atoms with Crippen molar-refractivity contribution in [3.05, 3.63) is 48.2 Å². The molecule has 0 saturated heterocycles. The zero-order valence-electron chi connectivity index (χ0n) is 14.7. The van der Waals surface area contributed by atoms with Crippen molar-refractivity contribution in [2.24, 2.45) is 0 Å². The van der Waals surface area contributed by atoms with Crippen LogP contribution in [0.25, 0.3) is 0 Å². The summed E-state index contributed by atoms with van der Waals surface area (Å²) in [6.07, 6.45) is 2.11. The SMILES string of the molecule is CN(CCO)c1ccc(C(=O)NCC[C@@H]2COc3ccccc3O2)cn1. The van der Waals surface area contributed by atoms with Crippen LogP contribution in [0.4, 0.5) is 5.82 Å². The number of carbonyl (C=O) groups is 1. The topological polar surface area (TPSA) is 83.9 Å². The zero-order chi connectivity index (χ0) is 18.4. The summed E-state index contributed by atoms with van der Waals surface area (Å²) >= 11 is 0. The lowest BCUT2D eigenvalue weighted by Gasteiger charge is -2.26. The quantitative estimate of drug-likeness (QED) is 0.781. The average Bonchev–Trinajstić information content (AvgIpc) is 2.68. The fourth-order valence-electron chi connectivity index (χ4n) is 2.66. The smallest absolute Gasteiger partial charge is 0.252 e. The number of anilines is 1. The molecular weight excluding hydrogens is 334 g/mol. The molecule has 0 fully saturated rings. The van der Waals surface area contributed by atoms with Gasteiger partial charge in [0.25, 0.3) is 5.91 Å². The third-order valence-corrected chi connectivity index (χ3v) is 4.16. The highest BCUT2D eigenvalue weighted by Gasteiger charge is 2.20. The van der Waals surface area contributed by atoms with E-state index in [2.05, 4.69) is 10.3 Å². The first kappa shape index (κ1) is 18.0. The van der Waals surface area contributed by atoms with Crippen LogP contribution in [0.3, 0.4) is 0 Å². The van der Waals surface area contributed by atoms with Crippen LogP contribution in [0.2, 0.25) is 0 Å². The molecule has 1 aliphatic rings. The minimum absolute atomic E-state index is 0.0534. The van der Waals surface area contributed by atoms with E-state index in [1.807, 2.05) is 36.2 Å². The molecule has 2 aromatic rings. The summed E-state index contributed by atoms with van der Waals surface area (Å²) < 4.78 is 11.5. The zero-order valence-corrected chi connectivity index (χ0v) is 14.7. The number of nitrogens with one attached hydrogen (secondary N) is 1. The highest BCUT2D eigenvalue weighted by Crippen LogP contribution is 2.31. The number of aromatic nitrogens is 1. The Morgan fingerprint density at radius 3 is 2.85 bits per heavy atom. The maximum absolute atomic E-state index is 12.2. The molecule has 7 nitrogen and oxygen atoms in total. The van der Waals surface area contributed by atoms with Crippen molar-refractivity contribution in [3.8, 4) is 11.5 Å². The number of rotatable bonds is 7. The number of hydrogen-bond donors (Lipinski definition) is 2. The molecule has 0 radical (unpaired) electrons. The van der Waals surface area contributed by atoms with Crippen molar-refractivity contribution in [2.45, 2.75) is 12.5 Å². The number of likely N-dealkylation sites (N-methyl/N-ethyl adjacent to an activating group) is 1. The van der Waals surface area contributed by atoms with E-state index < -0.39 is 0 Å². The van der Waals surface area contributed by atoms with Crippen molar-refractivity contribution in [1.29, 1.82) is 0 Å². The van der Waals surface area contributed by atoms with Crippen molar-refractivity contribution in [3.63, 3.8) is 0 Å². The van der Waals surface area contributed by atoms with Gasteiger partial charge in [0.15, 0.2) is 11.5 Å². The molecule has 2 N–H and O–H groups in total. The van der Waals surface area contributed by atoms with Crippen LogP contribution in [0.5, 0.6) is 11.5 Å². The molecular formula is C19H23N3O4. The van der Waals surface area contributed by atoms with Gasteiger partial charge in [-0.25, -0.2) is 4.98 Å². The molecule has 1 aromatic heterocycles. The summed E-state index contributed by atoms with van der Waals surface area (Å²) in [5, 5.41) is 11.8. The second-order valence-corrected chi connectivity index (χ2v) is 6.09. The van der Waals surface area contributed by atoms with Gasteiger partial charge in [-0.3, -0.25) is 4.79 Å². The molecule has 26 heavy (non-hydrogen) atoms. The highest BCUT2D eigenvalue weighted by molar-refractivity contribution is 5.94. The van der Waals surface area contributed by atoms with Gasteiger partial charge >= 0.3 is 0 Å². The largest absolute Gasteiger partial charge is 0.486 e. The number of fused-ring (bicyclic) bond motifs is 1. The first-order valence-electron chi connectivity index (χ1n) is 8.62. The number of aliphatic hydroxyl groups is 1. The van der Waals surface area contributed by atoms with E-state index in [0.717, 1.165) is 11.5 Å². The Labute approximate surface area is 152 Å². The Morgan fingerprint density at radius 2 is 2.12 bits per heavy atom. The molecule has 1 atom stereocenters. The summed E-state index contributed by atoms with van der Waals surface area (Å²) in [6, 6.07) is 11.1. The number of hydrogen-bond acceptors (Lipinski definition) is 6. The standard InChI is InChI=1S/C19H23N3O4/c1-22(10-11-23)18-7-6-14(12-21-18)19(24)20-9-8-15-13-25-16-4-2-3-5-17(16)26-15/h2-7,12,15,23H,8-11,13H2,1H3,(H,20,24)/t15-/m1/s1. The third kappa shape index (κ3) is 4.43. The molecule has 0 saturated carbocycles. The van der Waals surface area contributed by atoms with Crippen LogP contribution in [-0.4, -0.2) is 55.5 Å². The van der Waals surface area contributed by atoms with Gasteiger partial charge in [-0.15, -0.1) is 0 Å². The summed E-state index contributed by atoms with van der Waals surface area (Å²) in [5.41, 5.74) is 0.498. The van der Waals surface area contributed by atoms with Crippen LogP contribution in [-0.2, 0) is 0 Å². The number of pyridine rings is 1. The Bertz CT molecular complexity index is 736. The van der Waals surface area contributed by atoms with E-state index in [-0.39, 0.29) is 18.6 Å². The first-order valence-corrected chi connectivity index (χ1v) is 8.62. The van der Waals surface area contributed by atoms with Crippen LogP contribution in [0.1, 0.15) is 16.8 Å². The Morgan fingerprint density at radius 1 is 1.31 bits per heavy atom. The number of amides is 1. The maximum Gasteiger partial charge on any atom is 0.252 e. The van der Waals surface area contributed by atoms with Crippen LogP contribution in [0.15, 0.2) is 42.6 Å². The predicted molar refractivity (Wildman–Crippen MR) is 97.9 cm³/mol. The molecule has 1 aliphatic heterocycles. The van der Waals surface area contributed by atoms with Gasteiger partial charge in [0.05, 0.1) is 12.2 Å². The summed E-state index contributed by atoms with van der Waals surface area (Å²) in [7, 11) is 1.84. The van der Waals surface area contributed by atoms with Crippen molar-refractivity contribution >= 4 is 11.7 Å². The number of nitrogens with zero attached hydrogens (tertiary/aromatic N) is 2. The molecule has 2 heterocycles. The van der Waals surface area contributed by atoms with E-state index in [1.54, 1.807) is 12.1 Å². The number of benzene rings is 1. The maximum atomic E-state index is 12.2. The third-order valence-electron chi connectivity index (χ3n) is 4.16. The van der Waals surface area contributed by atoms with E-state index in [0.29, 0.717) is 37.5 Å². The van der Waals surface area contributed by atoms with Gasteiger partial charge in [0.1, 0.15) is 18.5 Å². The predicted octanol–water partition coefficient (Wildman–Crippen LogP) is 1.47. The van der Waals surface area contributed by atoms with Gasteiger partial charge in [-0.1, -0.05) is 12.1 Å². The minimum atomic E-state index is -0.175. The highest BCUT2D eigenvalue weighted by atomic mass is 16.6. The second-order valence-electron chi connectivity index (χ2n) is 6.09. The molecule has 7 heteroatoms. The monoisotopic (exact) mass is 357 g/mol. The second kappa shape index (κ2) is 8.53. The molecule has 1 aromatic carbocycles. The number of aliphatic hydroxyl groups excluding tert-OH is 1. The minimum Gasteiger partial charge on any atom is -0.486 e. The molecule has 0 unspecified atom stereocenters. The fraction of sp³-hybridized carbons (Fsp3) is 0.368. The Kier molecular flexibility index (Phi) is 5.91. The molecule has 0 bridgehead atoms. The van der Waals surface area contributed by atoms with Crippen LogP contribution in [0, 0.1) is 0 Å². The van der Waals surface area contributed by atoms with Crippen LogP contribution >= 0.6 is 0 Å². The van der Waals surface area contributed by atoms with Crippen molar-refractivity contribution < 1.29 is 19.4 Å². The lowest BCUT2D eigenvalue weighted by Crippen LogP contribution is -2.34. The molecule has 138 valence electrons. The van der Waals surface area contributed by atoms with E-state index in [9.17, 15) is 4.79 Å². The van der Waals surface area contributed by atoms with E-state index in [1.165, 1.54) is 6.20 Å². The van der Waals surface area contributed by atoms with Crippen molar-refractivity contribution in [1.82, 2.24) is 10.3 Å².